The van der Waals surface area contributed by atoms with Crippen LogP contribution in [0.2, 0.25) is 10.0 Å². The van der Waals surface area contributed by atoms with Crippen molar-refractivity contribution in [3.8, 4) is 5.75 Å². The van der Waals surface area contributed by atoms with Crippen molar-refractivity contribution in [3.05, 3.63) is 124 Å². The van der Waals surface area contributed by atoms with Gasteiger partial charge in [-0.15, -0.1) is 0 Å². The van der Waals surface area contributed by atoms with Gasteiger partial charge in [-0.25, -0.2) is 8.42 Å². The molecule has 4 rings (SSSR count). The van der Waals surface area contributed by atoms with Crippen molar-refractivity contribution in [2.75, 3.05) is 24.5 Å². The van der Waals surface area contributed by atoms with Crippen molar-refractivity contribution in [2.24, 2.45) is 0 Å². The number of carbonyl (C=O) groups is 2. The number of methoxy groups -OCH3 is 1. The van der Waals surface area contributed by atoms with E-state index in [1.165, 1.54) is 29.2 Å². The number of benzene rings is 4. The number of hydrogen-bond acceptors (Lipinski definition) is 5. The third-order valence-corrected chi connectivity index (χ3v) is 9.70. The molecule has 45 heavy (non-hydrogen) atoms. The number of hydrogen-bond donors (Lipinski definition) is 1. The monoisotopic (exact) mass is 667 g/mol. The minimum Gasteiger partial charge on any atom is -0.497 e. The first kappa shape index (κ1) is 33.8. The van der Waals surface area contributed by atoms with Crippen LogP contribution >= 0.6 is 23.2 Å². The Balaban J connectivity index is 1.83. The Bertz CT molecular complexity index is 1710. The molecule has 0 saturated carbocycles. The summed E-state index contributed by atoms with van der Waals surface area (Å²) in [7, 11) is -2.76. The van der Waals surface area contributed by atoms with Gasteiger partial charge in [0, 0.05) is 19.5 Å². The fourth-order valence-corrected chi connectivity index (χ4v) is 6.70. The third kappa shape index (κ3) is 8.57. The Hall–Kier alpha value is -4.05. The predicted octanol–water partition coefficient (Wildman–Crippen LogP) is 6.36. The maximum atomic E-state index is 14.5. The molecule has 1 N–H and O–H groups in total. The Morgan fingerprint density at radius 1 is 0.867 bits per heavy atom. The molecule has 0 aliphatic carbocycles. The zero-order valence-electron chi connectivity index (χ0n) is 25.0. The van der Waals surface area contributed by atoms with Gasteiger partial charge < -0.3 is 15.0 Å². The van der Waals surface area contributed by atoms with E-state index in [-0.39, 0.29) is 39.5 Å². The number of ether oxygens (including phenoxy) is 1. The molecule has 8 nitrogen and oxygen atoms in total. The molecule has 4 aromatic rings. The summed E-state index contributed by atoms with van der Waals surface area (Å²) in [6.07, 6.45) is 0.902. The lowest BCUT2D eigenvalue weighted by atomic mass is 10.0. The molecule has 236 valence electrons. The predicted molar refractivity (Wildman–Crippen MR) is 178 cm³/mol. The molecule has 1 atom stereocenters. The minimum absolute atomic E-state index is 0.00951. The van der Waals surface area contributed by atoms with Crippen molar-refractivity contribution in [1.82, 2.24) is 10.2 Å². The van der Waals surface area contributed by atoms with Gasteiger partial charge in [-0.1, -0.05) is 96.9 Å². The van der Waals surface area contributed by atoms with Crippen LogP contribution in [0.4, 0.5) is 5.69 Å². The molecule has 0 saturated heterocycles. The van der Waals surface area contributed by atoms with Crippen LogP contribution in [-0.2, 0) is 32.6 Å². The number of carbonyl (C=O) groups excluding carboxylic acids is 2. The molecule has 0 aliphatic rings. The van der Waals surface area contributed by atoms with Crippen LogP contribution in [0, 0.1) is 0 Å². The first-order chi connectivity index (χ1) is 21.6. The molecule has 0 spiro atoms. The number of nitrogens with zero attached hydrogens (tertiary/aromatic N) is 2. The smallest absolute Gasteiger partial charge is 0.264 e. The SMILES string of the molecule is CCCNC(=O)[C@@H](Cc1ccccc1)N(Cc1cccc(OC)c1)C(=O)CN(c1cccc(Cl)c1Cl)S(=O)(=O)c1ccccc1. The van der Waals surface area contributed by atoms with Gasteiger partial charge in [0.15, 0.2) is 0 Å². The average Bonchev–Trinajstić information content (AvgIpc) is 3.06. The maximum absolute atomic E-state index is 14.5. The quantitative estimate of drug-likeness (QED) is 0.169. The van der Waals surface area contributed by atoms with Crippen LogP contribution in [0.3, 0.4) is 0 Å². The second-order valence-electron chi connectivity index (χ2n) is 10.3. The number of rotatable bonds is 14. The molecule has 0 heterocycles. The topological polar surface area (TPSA) is 96.0 Å². The summed E-state index contributed by atoms with van der Waals surface area (Å²) in [4.78, 5) is 29.6. The van der Waals surface area contributed by atoms with Gasteiger partial charge in [-0.05, 0) is 53.9 Å². The van der Waals surface area contributed by atoms with E-state index in [9.17, 15) is 18.0 Å². The summed E-state index contributed by atoms with van der Waals surface area (Å²) in [6.45, 7) is 1.72. The van der Waals surface area contributed by atoms with Gasteiger partial charge in [0.05, 0.1) is 27.7 Å². The molecular weight excluding hydrogens is 633 g/mol. The van der Waals surface area contributed by atoms with Gasteiger partial charge in [0.1, 0.15) is 18.3 Å². The molecule has 0 bridgehead atoms. The molecule has 11 heteroatoms. The normalized spacial score (nSPS) is 11.8. The number of amides is 2. The summed E-state index contributed by atoms with van der Waals surface area (Å²) in [6, 6.07) is 27.9. The van der Waals surface area contributed by atoms with Crippen LogP contribution in [0.15, 0.2) is 108 Å². The van der Waals surface area contributed by atoms with Crippen LogP contribution in [0.25, 0.3) is 0 Å². The minimum atomic E-state index is -4.30. The first-order valence-corrected chi connectivity index (χ1v) is 16.6. The van der Waals surface area contributed by atoms with Gasteiger partial charge in [-0.3, -0.25) is 13.9 Å². The molecule has 0 fully saturated rings. The number of nitrogens with one attached hydrogen (secondary N) is 1. The van der Waals surface area contributed by atoms with E-state index >= 15 is 0 Å². The molecule has 0 unspecified atom stereocenters. The van der Waals surface area contributed by atoms with Crippen molar-refractivity contribution in [2.45, 2.75) is 37.2 Å². The van der Waals surface area contributed by atoms with Crippen molar-refractivity contribution in [3.63, 3.8) is 0 Å². The Morgan fingerprint density at radius 2 is 1.51 bits per heavy atom. The second kappa shape index (κ2) is 15.8. The molecular formula is C34H35Cl2N3O5S. The lowest BCUT2D eigenvalue weighted by Gasteiger charge is -2.34. The highest BCUT2D eigenvalue weighted by Crippen LogP contribution is 2.35. The van der Waals surface area contributed by atoms with Gasteiger partial charge in [0.2, 0.25) is 11.8 Å². The van der Waals surface area contributed by atoms with E-state index in [0.717, 1.165) is 9.87 Å². The highest BCUT2D eigenvalue weighted by molar-refractivity contribution is 7.92. The van der Waals surface area contributed by atoms with Gasteiger partial charge in [0.25, 0.3) is 10.0 Å². The van der Waals surface area contributed by atoms with E-state index in [2.05, 4.69) is 5.32 Å². The van der Waals surface area contributed by atoms with E-state index < -0.39 is 28.5 Å². The van der Waals surface area contributed by atoms with E-state index in [0.29, 0.717) is 24.3 Å². The van der Waals surface area contributed by atoms with Crippen molar-refractivity contribution >= 4 is 50.7 Å². The Labute approximate surface area is 274 Å². The lowest BCUT2D eigenvalue weighted by Crippen LogP contribution is -2.53. The average molecular weight is 669 g/mol. The standard InChI is InChI=1S/C34H35Cl2N3O5S/c1-3-20-37-34(41)31(22-25-12-6-4-7-13-25)38(23-26-14-10-15-27(21-26)44-2)32(40)24-39(30-19-11-18-29(35)33(30)36)45(42,43)28-16-8-5-9-17-28/h4-19,21,31H,3,20,22-24H2,1-2H3,(H,37,41)/t31-/m1/s1. The highest BCUT2D eigenvalue weighted by Gasteiger charge is 2.35. The lowest BCUT2D eigenvalue weighted by molar-refractivity contribution is -0.140. The summed E-state index contributed by atoms with van der Waals surface area (Å²) in [5.74, 6) is -0.384. The largest absolute Gasteiger partial charge is 0.497 e. The van der Waals surface area contributed by atoms with Crippen LogP contribution in [0.1, 0.15) is 24.5 Å². The zero-order chi connectivity index (χ0) is 32.4. The number of sulfonamides is 1. The fourth-order valence-electron chi connectivity index (χ4n) is 4.81. The second-order valence-corrected chi connectivity index (χ2v) is 12.9. The fraction of sp³-hybridized carbons (Fsp3) is 0.235. The number of halogens is 2. The van der Waals surface area contributed by atoms with Crippen molar-refractivity contribution < 1.29 is 22.7 Å². The van der Waals surface area contributed by atoms with Crippen molar-refractivity contribution in [1.29, 1.82) is 0 Å². The molecule has 4 aromatic carbocycles. The summed E-state index contributed by atoms with van der Waals surface area (Å²) >= 11 is 12.9. The zero-order valence-corrected chi connectivity index (χ0v) is 27.4. The third-order valence-electron chi connectivity index (χ3n) is 7.12. The summed E-state index contributed by atoms with van der Waals surface area (Å²) < 4.78 is 34.5. The summed E-state index contributed by atoms with van der Waals surface area (Å²) in [5, 5.41) is 3.03. The van der Waals surface area contributed by atoms with Crippen LogP contribution in [-0.4, -0.2) is 51.4 Å². The van der Waals surface area contributed by atoms with Crippen LogP contribution < -0.4 is 14.4 Å². The Morgan fingerprint density at radius 3 is 2.18 bits per heavy atom. The highest BCUT2D eigenvalue weighted by atomic mass is 35.5. The van der Waals surface area contributed by atoms with E-state index in [1.807, 2.05) is 43.3 Å². The Kier molecular flexibility index (Phi) is 11.9. The van der Waals surface area contributed by atoms with Gasteiger partial charge in [-0.2, -0.15) is 0 Å². The van der Waals surface area contributed by atoms with Gasteiger partial charge >= 0.3 is 0 Å². The molecule has 0 aliphatic heterocycles. The molecule has 0 radical (unpaired) electrons. The maximum Gasteiger partial charge on any atom is 0.264 e. The molecule has 2 amide bonds. The summed E-state index contributed by atoms with van der Waals surface area (Å²) in [5.41, 5.74) is 1.57. The van der Waals surface area contributed by atoms with E-state index in [4.69, 9.17) is 27.9 Å². The van der Waals surface area contributed by atoms with E-state index in [1.54, 1.807) is 49.6 Å². The first-order valence-electron chi connectivity index (χ1n) is 14.4. The molecule has 0 aromatic heterocycles. The van der Waals surface area contributed by atoms with Crippen LogP contribution in [0.5, 0.6) is 5.75 Å². The number of anilines is 1.